The Morgan fingerprint density at radius 1 is 1.53 bits per heavy atom. The summed E-state index contributed by atoms with van der Waals surface area (Å²) in [7, 11) is 2.10. The largest absolute Gasteiger partial charge is 0.354 e. The summed E-state index contributed by atoms with van der Waals surface area (Å²) < 4.78 is 0. The number of nitro groups is 1. The molecule has 0 bridgehead atoms. The van der Waals surface area contributed by atoms with Crippen LogP contribution in [-0.2, 0) is 0 Å². The van der Waals surface area contributed by atoms with E-state index in [4.69, 9.17) is 11.6 Å². The van der Waals surface area contributed by atoms with E-state index in [0.29, 0.717) is 11.9 Å². The molecular weight excluding hydrogens is 268 g/mol. The van der Waals surface area contributed by atoms with E-state index in [0.717, 1.165) is 26.1 Å². The lowest BCUT2D eigenvalue weighted by Crippen LogP contribution is -2.51. The van der Waals surface area contributed by atoms with Gasteiger partial charge in [-0.2, -0.15) is 0 Å². The van der Waals surface area contributed by atoms with Crippen LogP contribution in [0.15, 0.2) is 12.1 Å². The topological polar surface area (TPSA) is 62.5 Å². The number of aromatic nitrogens is 1. The Balaban J connectivity index is 2.24. The Kier molecular flexibility index (Phi) is 4.21. The number of hydrogen-bond donors (Lipinski definition) is 0. The molecule has 7 heteroatoms. The Hall–Kier alpha value is -1.40. The normalized spacial score (nSPS) is 20.6. The van der Waals surface area contributed by atoms with Crippen LogP contribution in [0.1, 0.15) is 13.3 Å². The molecule has 1 aromatic heterocycles. The molecule has 1 aromatic rings. The molecule has 0 aliphatic carbocycles. The van der Waals surface area contributed by atoms with Gasteiger partial charge in [-0.3, -0.25) is 15.0 Å². The van der Waals surface area contributed by atoms with E-state index in [2.05, 4.69) is 28.8 Å². The molecule has 1 saturated heterocycles. The van der Waals surface area contributed by atoms with Gasteiger partial charge in [0.15, 0.2) is 0 Å². The highest BCUT2D eigenvalue weighted by Crippen LogP contribution is 2.25. The summed E-state index contributed by atoms with van der Waals surface area (Å²) in [5.74, 6) is 0.589. The Morgan fingerprint density at radius 2 is 2.26 bits per heavy atom. The molecule has 104 valence electrons. The van der Waals surface area contributed by atoms with Crippen molar-refractivity contribution >= 4 is 23.1 Å². The second-order valence-corrected chi connectivity index (χ2v) is 5.14. The van der Waals surface area contributed by atoms with Gasteiger partial charge in [0, 0.05) is 25.7 Å². The van der Waals surface area contributed by atoms with Gasteiger partial charge in [0.1, 0.15) is 11.0 Å². The average molecular weight is 285 g/mol. The van der Waals surface area contributed by atoms with Gasteiger partial charge in [-0.1, -0.05) is 18.5 Å². The summed E-state index contributed by atoms with van der Waals surface area (Å²) in [6, 6.07) is 3.20. The number of halogens is 1. The van der Waals surface area contributed by atoms with E-state index in [1.807, 2.05) is 0 Å². The van der Waals surface area contributed by atoms with Crippen LogP contribution in [0.2, 0.25) is 5.15 Å². The second-order valence-electron chi connectivity index (χ2n) is 4.75. The van der Waals surface area contributed by atoms with E-state index < -0.39 is 4.92 Å². The first-order valence-corrected chi connectivity index (χ1v) is 6.66. The molecule has 0 spiro atoms. The molecule has 0 saturated carbocycles. The van der Waals surface area contributed by atoms with Crippen molar-refractivity contribution in [2.24, 2.45) is 0 Å². The molecule has 0 aromatic carbocycles. The van der Waals surface area contributed by atoms with Crippen molar-refractivity contribution in [1.29, 1.82) is 0 Å². The minimum atomic E-state index is -0.440. The summed E-state index contributed by atoms with van der Waals surface area (Å²) in [4.78, 5) is 19.0. The van der Waals surface area contributed by atoms with Crippen LogP contribution in [0.3, 0.4) is 0 Å². The van der Waals surface area contributed by atoms with Gasteiger partial charge in [0.05, 0.1) is 17.1 Å². The monoisotopic (exact) mass is 284 g/mol. The van der Waals surface area contributed by atoms with Gasteiger partial charge in [-0.25, -0.2) is 4.98 Å². The lowest BCUT2D eigenvalue weighted by Gasteiger charge is -2.39. The Labute approximate surface area is 117 Å². The summed E-state index contributed by atoms with van der Waals surface area (Å²) in [6.07, 6.45) is 1.04. The highest BCUT2D eigenvalue weighted by atomic mass is 35.5. The van der Waals surface area contributed by atoms with Crippen molar-refractivity contribution in [1.82, 2.24) is 9.88 Å². The average Bonchev–Trinajstić information content (AvgIpc) is 2.38. The van der Waals surface area contributed by atoms with E-state index in [1.165, 1.54) is 12.1 Å². The first kappa shape index (κ1) is 14.0. The zero-order chi connectivity index (χ0) is 14.0. The van der Waals surface area contributed by atoms with E-state index >= 15 is 0 Å². The van der Waals surface area contributed by atoms with Gasteiger partial charge >= 0.3 is 0 Å². The molecule has 0 radical (unpaired) electrons. The number of rotatable bonds is 3. The Bertz CT molecular complexity index is 483. The van der Waals surface area contributed by atoms with Crippen molar-refractivity contribution in [3.05, 3.63) is 27.4 Å². The van der Waals surface area contributed by atoms with E-state index in [9.17, 15) is 10.1 Å². The summed E-state index contributed by atoms with van der Waals surface area (Å²) in [6.45, 7) is 4.67. The minimum Gasteiger partial charge on any atom is -0.354 e. The zero-order valence-electron chi connectivity index (χ0n) is 11.0. The summed E-state index contributed by atoms with van der Waals surface area (Å²) in [5, 5.41) is 11.0. The van der Waals surface area contributed by atoms with Gasteiger partial charge in [0.25, 0.3) is 5.69 Å². The quantitative estimate of drug-likeness (QED) is 0.484. The van der Waals surface area contributed by atoms with Crippen LogP contribution >= 0.6 is 11.6 Å². The third-order valence-corrected chi connectivity index (χ3v) is 3.74. The highest BCUT2D eigenvalue weighted by molar-refractivity contribution is 6.29. The maximum atomic E-state index is 10.9. The van der Waals surface area contributed by atoms with Crippen molar-refractivity contribution in [3.8, 4) is 0 Å². The zero-order valence-corrected chi connectivity index (χ0v) is 11.8. The molecule has 2 heterocycles. The van der Waals surface area contributed by atoms with Crippen LogP contribution < -0.4 is 4.90 Å². The molecule has 0 N–H and O–H groups in total. The van der Waals surface area contributed by atoms with Gasteiger partial charge < -0.3 is 4.90 Å². The van der Waals surface area contributed by atoms with Gasteiger partial charge in [-0.15, -0.1) is 0 Å². The number of nitrogens with zero attached hydrogens (tertiary/aromatic N) is 4. The number of piperazine rings is 1. The van der Waals surface area contributed by atoms with Gasteiger partial charge in [-0.05, 0) is 13.5 Å². The third-order valence-electron chi connectivity index (χ3n) is 3.55. The Morgan fingerprint density at radius 3 is 2.89 bits per heavy atom. The van der Waals surface area contributed by atoms with Crippen molar-refractivity contribution < 1.29 is 4.92 Å². The fourth-order valence-corrected chi connectivity index (χ4v) is 2.53. The molecule has 1 fully saturated rings. The SMILES string of the molecule is CCC1CN(c2cc([N+](=O)[O-])cc(Cl)n2)CCN1C. The predicted octanol–water partition coefficient (Wildman–Crippen LogP) is 2.17. The maximum absolute atomic E-state index is 10.9. The minimum absolute atomic E-state index is 0.0121. The highest BCUT2D eigenvalue weighted by Gasteiger charge is 2.25. The van der Waals surface area contributed by atoms with E-state index in [-0.39, 0.29) is 10.8 Å². The lowest BCUT2D eigenvalue weighted by molar-refractivity contribution is -0.384. The first-order chi connectivity index (χ1) is 9.01. The molecule has 1 aliphatic heterocycles. The maximum Gasteiger partial charge on any atom is 0.276 e. The lowest BCUT2D eigenvalue weighted by atomic mass is 10.1. The molecule has 0 amide bonds. The number of pyridine rings is 1. The predicted molar refractivity (Wildman–Crippen MR) is 74.8 cm³/mol. The standard InChI is InChI=1S/C12H17ClN4O2/c1-3-9-8-16(5-4-15(9)2)12-7-10(17(18)19)6-11(13)14-12/h6-7,9H,3-5,8H2,1-2H3. The number of hydrogen-bond acceptors (Lipinski definition) is 5. The van der Waals surface area contributed by atoms with Crippen LogP contribution in [0.25, 0.3) is 0 Å². The molecular formula is C12H17ClN4O2. The fourth-order valence-electron chi connectivity index (χ4n) is 2.33. The fraction of sp³-hybridized carbons (Fsp3) is 0.583. The van der Waals surface area contributed by atoms with E-state index in [1.54, 1.807) is 0 Å². The molecule has 1 atom stereocenters. The van der Waals surface area contributed by atoms with Gasteiger partial charge in [0.2, 0.25) is 0 Å². The number of likely N-dealkylation sites (N-methyl/N-ethyl adjacent to an activating group) is 1. The third kappa shape index (κ3) is 3.13. The van der Waals surface area contributed by atoms with Crippen LogP contribution in [0, 0.1) is 10.1 Å². The molecule has 1 unspecified atom stereocenters. The van der Waals surface area contributed by atoms with Crippen LogP contribution in [0.5, 0.6) is 0 Å². The molecule has 6 nitrogen and oxygen atoms in total. The van der Waals surface area contributed by atoms with Crippen molar-refractivity contribution in [2.75, 3.05) is 31.6 Å². The first-order valence-electron chi connectivity index (χ1n) is 6.28. The summed E-state index contributed by atoms with van der Waals surface area (Å²) >= 11 is 5.86. The molecule has 1 aliphatic rings. The van der Waals surface area contributed by atoms with Crippen LogP contribution in [0.4, 0.5) is 11.5 Å². The number of anilines is 1. The van der Waals surface area contributed by atoms with Crippen molar-refractivity contribution in [3.63, 3.8) is 0 Å². The second kappa shape index (κ2) is 5.71. The van der Waals surface area contributed by atoms with Crippen LogP contribution in [-0.4, -0.2) is 47.5 Å². The molecule has 2 rings (SSSR count). The van der Waals surface area contributed by atoms with Crippen molar-refractivity contribution in [2.45, 2.75) is 19.4 Å². The smallest absolute Gasteiger partial charge is 0.276 e. The molecule has 19 heavy (non-hydrogen) atoms. The summed E-state index contributed by atoms with van der Waals surface area (Å²) in [5.41, 5.74) is -0.0121.